The second-order valence-electron chi connectivity index (χ2n) is 11.5. The van der Waals surface area contributed by atoms with Crippen LogP contribution >= 0.6 is 0 Å². The van der Waals surface area contributed by atoms with E-state index in [0.29, 0.717) is 5.95 Å². The van der Waals surface area contributed by atoms with E-state index in [-0.39, 0.29) is 0 Å². The van der Waals surface area contributed by atoms with Crippen LogP contribution in [-0.4, -0.2) is 19.5 Å². The Balaban J connectivity index is 1.36. The predicted molar refractivity (Wildman–Crippen MR) is 183 cm³/mol. The lowest BCUT2D eigenvalue weighted by Gasteiger charge is -2.11. The normalized spacial score (nSPS) is 12.1. The number of nitrogens with one attached hydrogen (secondary N) is 1. The summed E-state index contributed by atoms with van der Waals surface area (Å²) in [6, 6.07) is 49.3. The van der Waals surface area contributed by atoms with E-state index in [1.807, 2.05) is 12.1 Å². The number of aromatic amines is 1. The summed E-state index contributed by atoms with van der Waals surface area (Å²) in [5.41, 5.74) is 8.47. The number of hydrogen-bond donors (Lipinski definition) is 1. The van der Waals surface area contributed by atoms with E-state index in [1.165, 1.54) is 48.6 Å². The molecular formula is C40H24N4. The van der Waals surface area contributed by atoms with Gasteiger partial charge in [0.15, 0.2) is 0 Å². The average Bonchev–Trinajstić information content (AvgIpc) is 3.65. The molecule has 0 bridgehead atoms. The van der Waals surface area contributed by atoms with Crippen LogP contribution in [0, 0.1) is 0 Å². The number of H-pyrrole nitrogens is 1. The number of aromatic nitrogens is 4. The maximum atomic E-state index is 5.23. The first-order valence-corrected chi connectivity index (χ1v) is 14.9. The van der Waals surface area contributed by atoms with Crippen LogP contribution in [0.25, 0.3) is 93.6 Å². The number of benzene rings is 7. The van der Waals surface area contributed by atoms with Gasteiger partial charge in [0.2, 0.25) is 5.95 Å². The second-order valence-corrected chi connectivity index (χ2v) is 11.5. The van der Waals surface area contributed by atoms with Crippen molar-refractivity contribution in [3.05, 3.63) is 140 Å². The zero-order chi connectivity index (χ0) is 28.8. The Hall–Kier alpha value is -6.00. The molecule has 0 unspecified atom stereocenters. The minimum absolute atomic E-state index is 0.668. The molecule has 0 amide bonds. The minimum Gasteiger partial charge on any atom is -0.354 e. The van der Waals surface area contributed by atoms with Gasteiger partial charge in [-0.3, -0.25) is 4.57 Å². The van der Waals surface area contributed by atoms with Crippen LogP contribution in [0.5, 0.6) is 0 Å². The van der Waals surface area contributed by atoms with Crippen LogP contribution in [0.4, 0.5) is 0 Å². The quantitative estimate of drug-likeness (QED) is 0.219. The monoisotopic (exact) mass is 560 g/mol. The lowest BCUT2D eigenvalue weighted by Crippen LogP contribution is -2.03. The van der Waals surface area contributed by atoms with E-state index in [2.05, 4.69) is 137 Å². The van der Waals surface area contributed by atoms with Gasteiger partial charge in [0.05, 0.1) is 27.9 Å². The van der Waals surface area contributed by atoms with E-state index in [4.69, 9.17) is 9.97 Å². The summed E-state index contributed by atoms with van der Waals surface area (Å²) in [5.74, 6) is 0.668. The van der Waals surface area contributed by atoms with E-state index < -0.39 is 0 Å². The molecule has 0 radical (unpaired) electrons. The van der Waals surface area contributed by atoms with Crippen LogP contribution in [-0.2, 0) is 0 Å². The topological polar surface area (TPSA) is 46.5 Å². The summed E-state index contributed by atoms with van der Waals surface area (Å²) in [6.45, 7) is 0. The first-order valence-electron chi connectivity index (χ1n) is 14.9. The Morgan fingerprint density at radius 1 is 0.432 bits per heavy atom. The van der Waals surface area contributed by atoms with Crippen molar-refractivity contribution in [2.24, 2.45) is 0 Å². The molecule has 10 rings (SSSR count). The molecule has 0 aliphatic carbocycles. The van der Waals surface area contributed by atoms with E-state index in [0.717, 1.165) is 39.1 Å². The molecular weight excluding hydrogens is 536 g/mol. The summed E-state index contributed by atoms with van der Waals surface area (Å²) in [4.78, 5) is 14.2. The lowest BCUT2D eigenvalue weighted by molar-refractivity contribution is 0.996. The lowest BCUT2D eigenvalue weighted by atomic mass is 9.93. The fourth-order valence-electron chi connectivity index (χ4n) is 7.23. The molecule has 10 aromatic rings. The van der Waals surface area contributed by atoms with Gasteiger partial charge in [0.25, 0.3) is 0 Å². The molecule has 3 heterocycles. The number of nitrogens with zero attached hydrogens (tertiary/aromatic N) is 3. The van der Waals surface area contributed by atoms with Gasteiger partial charge >= 0.3 is 0 Å². The maximum Gasteiger partial charge on any atom is 0.235 e. The van der Waals surface area contributed by atoms with E-state index >= 15 is 0 Å². The van der Waals surface area contributed by atoms with Gasteiger partial charge < -0.3 is 4.98 Å². The van der Waals surface area contributed by atoms with E-state index in [9.17, 15) is 0 Å². The Kier molecular flexibility index (Phi) is 4.69. The first kappa shape index (κ1) is 23.6. The zero-order valence-electron chi connectivity index (χ0n) is 23.6. The van der Waals surface area contributed by atoms with Gasteiger partial charge in [0.1, 0.15) is 0 Å². The third-order valence-corrected chi connectivity index (χ3v) is 9.11. The van der Waals surface area contributed by atoms with Crippen molar-refractivity contribution >= 4 is 65.2 Å². The highest BCUT2D eigenvalue weighted by atomic mass is 15.2. The molecule has 3 aromatic heterocycles. The Morgan fingerprint density at radius 3 is 1.68 bits per heavy atom. The molecule has 0 atom stereocenters. The van der Waals surface area contributed by atoms with E-state index in [1.54, 1.807) is 0 Å². The molecule has 0 saturated carbocycles. The van der Waals surface area contributed by atoms with Gasteiger partial charge in [-0.1, -0.05) is 115 Å². The Labute approximate surface area is 252 Å². The van der Waals surface area contributed by atoms with Crippen molar-refractivity contribution in [1.29, 1.82) is 0 Å². The van der Waals surface area contributed by atoms with Gasteiger partial charge in [-0.2, -0.15) is 0 Å². The smallest absolute Gasteiger partial charge is 0.235 e. The number of fused-ring (bicyclic) bond motifs is 7. The molecule has 0 saturated heterocycles. The van der Waals surface area contributed by atoms with Crippen molar-refractivity contribution in [3.8, 4) is 28.5 Å². The number of para-hydroxylation sites is 1. The highest BCUT2D eigenvalue weighted by Crippen LogP contribution is 2.46. The van der Waals surface area contributed by atoms with Crippen LogP contribution < -0.4 is 0 Å². The molecule has 0 aliphatic heterocycles. The standard InChI is InChI=1S/C40H24N4/c1-3-11-24(12-4-1)32-23-33(25-13-5-2-6-14-25)43-40(42-32)44-34-19-9-16-27-28-21-22-29-26-15-7-8-18-31(26)41-39(29)36(28)30-17-10-20-35(44)38(30)37(27)34/h1-23,41H. The maximum absolute atomic E-state index is 5.23. The molecule has 0 spiro atoms. The van der Waals surface area contributed by atoms with Gasteiger partial charge in [-0.25, -0.2) is 9.97 Å². The molecule has 7 aromatic carbocycles. The van der Waals surface area contributed by atoms with Crippen molar-refractivity contribution < 1.29 is 0 Å². The second kappa shape index (κ2) is 8.76. The summed E-state index contributed by atoms with van der Waals surface area (Å²) >= 11 is 0. The fourth-order valence-corrected chi connectivity index (χ4v) is 7.23. The summed E-state index contributed by atoms with van der Waals surface area (Å²) in [6.07, 6.45) is 0. The molecule has 4 nitrogen and oxygen atoms in total. The molecule has 0 fully saturated rings. The van der Waals surface area contributed by atoms with Gasteiger partial charge in [-0.15, -0.1) is 0 Å². The first-order chi connectivity index (χ1) is 21.8. The van der Waals surface area contributed by atoms with Crippen LogP contribution in [0.1, 0.15) is 0 Å². The molecule has 44 heavy (non-hydrogen) atoms. The predicted octanol–water partition coefficient (Wildman–Crippen LogP) is 10.3. The van der Waals surface area contributed by atoms with Gasteiger partial charge in [0, 0.05) is 43.6 Å². The van der Waals surface area contributed by atoms with Crippen molar-refractivity contribution in [2.75, 3.05) is 0 Å². The number of rotatable bonds is 3. The summed E-state index contributed by atoms with van der Waals surface area (Å²) in [5, 5.41) is 9.96. The molecule has 204 valence electrons. The third kappa shape index (κ3) is 3.17. The summed E-state index contributed by atoms with van der Waals surface area (Å²) < 4.78 is 2.25. The largest absolute Gasteiger partial charge is 0.354 e. The van der Waals surface area contributed by atoms with Crippen molar-refractivity contribution in [1.82, 2.24) is 19.5 Å². The fraction of sp³-hybridized carbons (Fsp3) is 0. The molecule has 4 heteroatoms. The Morgan fingerprint density at radius 2 is 0.977 bits per heavy atom. The van der Waals surface area contributed by atoms with Crippen molar-refractivity contribution in [2.45, 2.75) is 0 Å². The molecule has 1 N–H and O–H groups in total. The Bertz CT molecular complexity index is 2640. The van der Waals surface area contributed by atoms with Crippen LogP contribution in [0.2, 0.25) is 0 Å². The van der Waals surface area contributed by atoms with Crippen molar-refractivity contribution in [3.63, 3.8) is 0 Å². The minimum atomic E-state index is 0.668. The highest BCUT2D eigenvalue weighted by Gasteiger charge is 2.23. The third-order valence-electron chi connectivity index (χ3n) is 9.11. The molecule has 0 aliphatic rings. The number of hydrogen-bond acceptors (Lipinski definition) is 2. The van der Waals surface area contributed by atoms with Crippen LogP contribution in [0.15, 0.2) is 140 Å². The van der Waals surface area contributed by atoms with Gasteiger partial charge in [-0.05, 0) is 40.4 Å². The summed E-state index contributed by atoms with van der Waals surface area (Å²) in [7, 11) is 0. The SMILES string of the molecule is c1ccc(-c2cc(-c3ccccc3)nc(-n3c4cccc5c6ccc7c8ccccc8[nH]c7c6c6cccc3c6c54)n2)cc1. The highest BCUT2D eigenvalue weighted by molar-refractivity contribution is 6.38. The van der Waals surface area contributed by atoms with Crippen LogP contribution in [0.3, 0.4) is 0 Å². The zero-order valence-corrected chi connectivity index (χ0v) is 23.6. The average molecular weight is 561 g/mol.